The van der Waals surface area contributed by atoms with Crippen molar-refractivity contribution in [1.29, 1.82) is 0 Å². The van der Waals surface area contributed by atoms with E-state index in [0.717, 1.165) is 9.54 Å². The predicted molar refractivity (Wildman–Crippen MR) is 83.0 cm³/mol. The predicted octanol–water partition coefficient (Wildman–Crippen LogP) is 4.36. The molecule has 1 N–H and O–H groups in total. The number of hydrogen-bond acceptors (Lipinski definition) is 3. The molecular weight excluding hydrogens is 322 g/mol. The molecule has 2 aromatic rings. The van der Waals surface area contributed by atoms with E-state index in [9.17, 15) is 0 Å². The molecule has 1 atom stereocenters. The van der Waals surface area contributed by atoms with E-state index in [1.807, 2.05) is 13.1 Å². The van der Waals surface area contributed by atoms with Crippen molar-refractivity contribution >= 4 is 27.3 Å². The van der Waals surface area contributed by atoms with Crippen LogP contribution in [-0.2, 0) is 0 Å². The summed E-state index contributed by atoms with van der Waals surface area (Å²) in [7, 11) is 1.99. The Morgan fingerprint density at radius 3 is 2.79 bits per heavy atom. The molecule has 4 heteroatoms. The van der Waals surface area contributed by atoms with Crippen LogP contribution in [0.4, 0.5) is 0 Å². The highest BCUT2D eigenvalue weighted by Gasteiger charge is 2.24. The van der Waals surface area contributed by atoms with Crippen LogP contribution in [0.25, 0.3) is 0 Å². The summed E-state index contributed by atoms with van der Waals surface area (Å²) in [6, 6.07) is 12.9. The molecule has 1 aliphatic carbocycles. The minimum Gasteiger partial charge on any atom is -0.490 e. The van der Waals surface area contributed by atoms with Crippen molar-refractivity contribution in [2.24, 2.45) is 0 Å². The summed E-state index contributed by atoms with van der Waals surface area (Å²) in [5, 5.41) is 3.38. The number of nitrogens with one attached hydrogen (secondary N) is 1. The van der Waals surface area contributed by atoms with Crippen molar-refractivity contribution in [2.75, 3.05) is 7.05 Å². The zero-order chi connectivity index (χ0) is 13.2. The second-order valence-electron chi connectivity index (χ2n) is 4.75. The van der Waals surface area contributed by atoms with Crippen LogP contribution in [-0.4, -0.2) is 13.2 Å². The number of halogens is 1. The Balaban J connectivity index is 1.85. The van der Waals surface area contributed by atoms with Crippen LogP contribution in [0.15, 0.2) is 40.2 Å². The molecule has 1 aliphatic rings. The van der Waals surface area contributed by atoms with Crippen molar-refractivity contribution in [2.45, 2.75) is 25.0 Å². The maximum Gasteiger partial charge on any atom is 0.120 e. The highest BCUT2D eigenvalue weighted by Crippen LogP contribution is 2.33. The number of rotatable bonds is 5. The van der Waals surface area contributed by atoms with Gasteiger partial charge in [-0.2, -0.15) is 0 Å². The molecule has 0 saturated heterocycles. The van der Waals surface area contributed by atoms with Gasteiger partial charge >= 0.3 is 0 Å². The van der Waals surface area contributed by atoms with Gasteiger partial charge in [0.15, 0.2) is 0 Å². The number of ether oxygens (including phenoxy) is 1. The molecule has 0 aliphatic heterocycles. The van der Waals surface area contributed by atoms with Crippen molar-refractivity contribution < 1.29 is 4.74 Å². The van der Waals surface area contributed by atoms with Crippen LogP contribution in [0.5, 0.6) is 5.75 Å². The van der Waals surface area contributed by atoms with Crippen molar-refractivity contribution in [3.63, 3.8) is 0 Å². The van der Waals surface area contributed by atoms with Gasteiger partial charge < -0.3 is 10.1 Å². The lowest BCUT2D eigenvalue weighted by Crippen LogP contribution is -2.16. The van der Waals surface area contributed by atoms with Gasteiger partial charge in [0.1, 0.15) is 5.75 Å². The molecule has 0 radical (unpaired) electrons. The lowest BCUT2D eigenvalue weighted by Gasteiger charge is -2.16. The van der Waals surface area contributed by atoms with Gasteiger partial charge in [0.2, 0.25) is 0 Å². The van der Waals surface area contributed by atoms with Gasteiger partial charge in [-0.05, 0) is 65.6 Å². The number of benzene rings is 1. The van der Waals surface area contributed by atoms with Gasteiger partial charge in [0, 0.05) is 4.88 Å². The minimum absolute atomic E-state index is 0.221. The summed E-state index contributed by atoms with van der Waals surface area (Å²) in [5.41, 5.74) is 1.25. The van der Waals surface area contributed by atoms with Crippen molar-refractivity contribution in [3.8, 4) is 5.75 Å². The Labute approximate surface area is 125 Å². The SMILES string of the molecule is CNC(c1cccc(OC2CC2)c1)c1ccc(Br)s1. The van der Waals surface area contributed by atoms with Gasteiger partial charge in [0.25, 0.3) is 0 Å². The summed E-state index contributed by atoms with van der Waals surface area (Å²) >= 11 is 5.28. The van der Waals surface area contributed by atoms with E-state index in [1.165, 1.54) is 23.3 Å². The fourth-order valence-electron chi connectivity index (χ4n) is 2.10. The normalized spacial score (nSPS) is 16.3. The monoisotopic (exact) mass is 337 g/mol. The number of thiophene rings is 1. The molecule has 1 fully saturated rings. The fourth-order valence-corrected chi connectivity index (χ4v) is 3.66. The van der Waals surface area contributed by atoms with Crippen molar-refractivity contribution in [1.82, 2.24) is 5.32 Å². The van der Waals surface area contributed by atoms with E-state index < -0.39 is 0 Å². The van der Waals surface area contributed by atoms with E-state index in [2.05, 4.69) is 51.6 Å². The minimum atomic E-state index is 0.221. The summed E-state index contributed by atoms with van der Waals surface area (Å²) in [6.45, 7) is 0. The van der Waals surface area contributed by atoms with E-state index in [4.69, 9.17) is 4.74 Å². The molecule has 1 aromatic carbocycles. The quantitative estimate of drug-likeness (QED) is 0.875. The molecule has 2 nitrogen and oxygen atoms in total. The van der Waals surface area contributed by atoms with E-state index in [1.54, 1.807) is 11.3 Å². The van der Waals surface area contributed by atoms with Gasteiger partial charge in [-0.25, -0.2) is 0 Å². The molecule has 1 heterocycles. The van der Waals surface area contributed by atoms with Gasteiger partial charge in [-0.1, -0.05) is 12.1 Å². The first-order chi connectivity index (χ1) is 9.26. The molecule has 1 aromatic heterocycles. The zero-order valence-corrected chi connectivity index (χ0v) is 13.1. The average molecular weight is 338 g/mol. The van der Waals surface area contributed by atoms with Crippen LogP contribution < -0.4 is 10.1 Å². The fraction of sp³-hybridized carbons (Fsp3) is 0.333. The molecule has 0 amide bonds. The highest BCUT2D eigenvalue weighted by atomic mass is 79.9. The van der Waals surface area contributed by atoms with Crippen LogP contribution in [0.3, 0.4) is 0 Å². The topological polar surface area (TPSA) is 21.3 Å². The molecule has 0 spiro atoms. The Morgan fingerprint density at radius 1 is 1.32 bits per heavy atom. The second-order valence-corrected chi connectivity index (χ2v) is 7.25. The summed E-state index contributed by atoms with van der Waals surface area (Å²) in [6.07, 6.45) is 2.83. The molecular formula is C15H16BrNOS. The van der Waals surface area contributed by atoms with Gasteiger partial charge in [0.05, 0.1) is 15.9 Å². The summed E-state index contributed by atoms with van der Waals surface area (Å²) in [5.74, 6) is 0.982. The Morgan fingerprint density at radius 2 is 2.16 bits per heavy atom. The maximum atomic E-state index is 5.87. The summed E-state index contributed by atoms with van der Waals surface area (Å²) in [4.78, 5) is 1.30. The van der Waals surface area contributed by atoms with Gasteiger partial charge in [-0.15, -0.1) is 11.3 Å². The van der Waals surface area contributed by atoms with Crippen LogP contribution >= 0.6 is 27.3 Å². The van der Waals surface area contributed by atoms with Gasteiger partial charge in [-0.3, -0.25) is 0 Å². The molecule has 1 unspecified atom stereocenters. The Bertz CT molecular complexity index is 565. The number of hydrogen-bond donors (Lipinski definition) is 1. The third-order valence-corrected chi connectivity index (χ3v) is 4.87. The third kappa shape index (κ3) is 3.19. The molecule has 19 heavy (non-hydrogen) atoms. The molecule has 100 valence electrons. The van der Waals surface area contributed by atoms with Crippen LogP contribution in [0.1, 0.15) is 29.3 Å². The zero-order valence-electron chi connectivity index (χ0n) is 10.7. The standard InChI is InChI=1S/C15H16BrNOS/c1-17-15(13-7-8-14(16)19-13)10-3-2-4-12(9-10)18-11-5-6-11/h2-4,7-9,11,15,17H,5-6H2,1H3. The first kappa shape index (κ1) is 13.2. The first-order valence-electron chi connectivity index (χ1n) is 6.45. The van der Waals surface area contributed by atoms with E-state index >= 15 is 0 Å². The molecule has 3 rings (SSSR count). The van der Waals surface area contributed by atoms with Crippen molar-refractivity contribution in [3.05, 3.63) is 50.6 Å². The lowest BCUT2D eigenvalue weighted by atomic mass is 10.1. The maximum absolute atomic E-state index is 5.87. The second kappa shape index (κ2) is 5.65. The highest BCUT2D eigenvalue weighted by molar-refractivity contribution is 9.11. The Kier molecular flexibility index (Phi) is 3.91. The van der Waals surface area contributed by atoms with Crippen LogP contribution in [0.2, 0.25) is 0 Å². The molecule has 1 saturated carbocycles. The van der Waals surface area contributed by atoms with Crippen LogP contribution in [0, 0.1) is 0 Å². The lowest BCUT2D eigenvalue weighted by molar-refractivity contribution is 0.302. The third-order valence-electron chi connectivity index (χ3n) is 3.19. The smallest absolute Gasteiger partial charge is 0.120 e. The van der Waals surface area contributed by atoms with E-state index in [0.29, 0.717) is 6.10 Å². The Hall–Kier alpha value is -0.840. The largest absolute Gasteiger partial charge is 0.490 e. The first-order valence-corrected chi connectivity index (χ1v) is 8.06. The van der Waals surface area contributed by atoms with E-state index in [-0.39, 0.29) is 6.04 Å². The summed E-state index contributed by atoms with van der Waals surface area (Å²) < 4.78 is 7.03. The average Bonchev–Trinajstić information content (AvgIpc) is 3.12. The molecule has 0 bridgehead atoms.